The van der Waals surface area contributed by atoms with Crippen molar-refractivity contribution in [2.24, 2.45) is 0 Å². The summed E-state index contributed by atoms with van der Waals surface area (Å²) in [4.78, 5) is 30.1. The lowest BCUT2D eigenvalue weighted by atomic mass is 10.0. The number of carbonyl (C=O) groups excluding carboxylic acids is 2. The number of carbonyl (C=O) groups is 2. The summed E-state index contributed by atoms with van der Waals surface area (Å²) in [6, 6.07) is 28.9. The number of aryl methyl sites for hydroxylation is 1. The molecule has 0 aliphatic rings. The molecule has 0 saturated heterocycles. The molecule has 0 bridgehead atoms. The highest BCUT2D eigenvalue weighted by atomic mass is 32.2. The summed E-state index contributed by atoms with van der Waals surface area (Å²) in [6.07, 6.45) is 0.225. The lowest BCUT2D eigenvalue weighted by molar-refractivity contribution is -0.140. The fourth-order valence-corrected chi connectivity index (χ4v) is 6.54. The van der Waals surface area contributed by atoms with Crippen molar-refractivity contribution in [3.8, 4) is 11.5 Å². The molecule has 0 aliphatic heterocycles. The maximum Gasteiger partial charge on any atom is 0.264 e. The first kappa shape index (κ1) is 35.0. The minimum absolute atomic E-state index is 0.0200. The van der Waals surface area contributed by atoms with Gasteiger partial charge in [0.15, 0.2) is 11.5 Å². The van der Waals surface area contributed by atoms with E-state index in [1.165, 1.54) is 37.3 Å². The van der Waals surface area contributed by atoms with Gasteiger partial charge in [-0.15, -0.1) is 0 Å². The molecule has 0 aromatic heterocycles. The maximum atomic E-state index is 14.6. The Hall–Kier alpha value is -4.83. The molecule has 2 amide bonds. The van der Waals surface area contributed by atoms with Crippen molar-refractivity contribution in [1.29, 1.82) is 0 Å². The molecular formula is C37H43N3O6S. The molecule has 47 heavy (non-hydrogen) atoms. The normalized spacial score (nSPS) is 12.1. The molecule has 4 aromatic rings. The van der Waals surface area contributed by atoms with Crippen molar-refractivity contribution in [2.45, 2.75) is 57.1 Å². The van der Waals surface area contributed by atoms with Crippen LogP contribution in [0, 0.1) is 6.92 Å². The molecule has 0 aliphatic carbocycles. The first-order valence-electron chi connectivity index (χ1n) is 15.3. The number of hydrogen-bond acceptors (Lipinski definition) is 6. The van der Waals surface area contributed by atoms with Gasteiger partial charge < -0.3 is 19.7 Å². The van der Waals surface area contributed by atoms with Crippen molar-refractivity contribution < 1.29 is 27.5 Å². The van der Waals surface area contributed by atoms with Crippen molar-refractivity contribution in [3.63, 3.8) is 0 Å². The summed E-state index contributed by atoms with van der Waals surface area (Å²) in [6.45, 7) is 7.00. The summed E-state index contributed by atoms with van der Waals surface area (Å²) in [5.41, 5.74) is 2.17. The van der Waals surface area contributed by atoms with Crippen LogP contribution in [0.1, 0.15) is 37.5 Å². The Morgan fingerprint density at radius 3 is 1.91 bits per heavy atom. The Labute approximate surface area is 278 Å². The highest BCUT2D eigenvalue weighted by Gasteiger charge is 2.36. The number of nitrogens with zero attached hydrogens (tertiary/aromatic N) is 2. The number of methoxy groups -OCH3 is 2. The summed E-state index contributed by atoms with van der Waals surface area (Å²) in [5.74, 6) is -0.189. The third-order valence-corrected chi connectivity index (χ3v) is 9.30. The van der Waals surface area contributed by atoms with Crippen LogP contribution in [-0.4, -0.2) is 57.5 Å². The van der Waals surface area contributed by atoms with E-state index in [2.05, 4.69) is 5.32 Å². The number of amides is 2. The van der Waals surface area contributed by atoms with E-state index in [1.807, 2.05) is 88.4 Å². The molecule has 1 N–H and O–H groups in total. The van der Waals surface area contributed by atoms with Crippen LogP contribution in [0.25, 0.3) is 0 Å². The molecule has 1 atom stereocenters. The highest BCUT2D eigenvalue weighted by Crippen LogP contribution is 2.34. The quantitative estimate of drug-likeness (QED) is 0.196. The molecule has 0 spiro atoms. The number of ether oxygens (including phenoxy) is 2. The van der Waals surface area contributed by atoms with Crippen LogP contribution < -0.4 is 19.1 Å². The van der Waals surface area contributed by atoms with Crippen LogP contribution in [0.5, 0.6) is 11.5 Å². The van der Waals surface area contributed by atoms with Gasteiger partial charge in [-0.3, -0.25) is 13.9 Å². The largest absolute Gasteiger partial charge is 0.493 e. The fraction of sp³-hybridized carbons (Fsp3) is 0.297. The van der Waals surface area contributed by atoms with Gasteiger partial charge >= 0.3 is 0 Å². The Kier molecular flexibility index (Phi) is 11.3. The highest BCUT2D eigenvalue weighted by molar-refractivity contribution is 7.92. The third kappa shape index (κ3) is 9.13. The van der Waals surface area contributed by atoms with E-state index in [-0.39, 0.29) is 29.5 Å². The van der Waals surface area contributed by atoms with Gasteiger partial charge in [-0.2, -0.15) is 0 Å². The molecule has 9 nitrogen and oxygen atoms in total. The first-order valence-corrected chi connectivity index (χ1v) is 16.8. The minimum atomic E-state index is -4.26. The molecular weight excluding hydrogens is 614 g/mol. The van der Waals surface area contributed by atoms with Gasteiger partial charge in [-0.05, 0) is 63.1 Å². The zero-order valence-corrected chi connectivity index (χ0v) is 28.6. The van der Waals surface area contributed by atoms with Gasteiger partial charge in [0.05, 0.1) is 24.8 Å². The Bertz CT molecular complexity index is 1760. The predicted molar refractivity (Wildman–Crippen MR) is 184 cm³/mol. The number of hydrogen-bond donors (Lipinski definition) is 1. The monoisotopic (exact) mass is 657 g/mol. The van der Waals surface area contributed by atoms with Gasteiger partial charge in [0, 0.05) is 24.6 Å². The molecule has 10 heteroatoms. The number of anilines is 1. The summed E-state index contributed by atoms with van der Waals surface area (Å²) in [5, 5.41) is 3.04. The maximum absolute atomic E-state index is 14.6. The third-order valence-electron chi connectivity index (χ3n) is 7.51. The standard InChI is InChI=1S/C37H43N3O6S/c1-27-17-20-31(21-18-27)47(43,44)40(30-19-22-33(45-5)34(24-30)46-6)26-35(41)39(25-29-15-11-8-12-16-29)32(36(42)38-37(2,3)4)23-28-13-9-7-10-14-28/h7-22,24,32H,23,25-26H2,1-6H3,(H,38,42). The molecule has 0 fully saturated rings. The second-order valence-corrected chi connectivity index (χ2v) is 14.2. The molecule has 0 saturated carbocycles. The molecule has 0 heterocycles. The van der Waals surface area contributed by atoms with Gasteiger partial charge in [0.2, 0.25) is 11.8 Å². The second-order valence-electron chi connectivity index (χ2n) is 12.3. The van der Waals surface area contributed by atoms with E-state index in [1.54, 1.807) is 24.3 Å². The zero-order valence-electron chi connectivity index (χ0n) is 27.8. The van der Waals surface area contributed by atoms with Crippen LogP contribution >= 0.6 is 0 Å². The topological polar surface area (TPSA) is 105 Å². The Morgan fingerprint density at radius 1 is 0.787 bits per heavy atom. The van der Waals surface area contributed by atoms with Crippen LogP contribution in [0.2, 0.25) is 0 Å². The second kappa shape index (κ2) is 15.2. The molecule has 4 aromatic carbocycles. The van der Waals surface area contributed by atoms with Crippen molar-refractivity contribution in [1.82, 2.24) is 10.2 Å². The van der Waals surface area contributed by atoms with Gasteiger partial charge in [-0.25, -0.2) is 8.42 Å². The van der Waals surface area contributed by atoms with Crippen LogP contribution in [0.4, 0.5) is 5.69 Å². The van der Waals surface area contributed by atoms with E-state index in [0.29, 0.717) is 11.5 Å². The lowest BCUT2D eigenvalue weighted by Gasteiger charge is -2.35. The van der Waals surface area contributed by atoms with Crippen molar-refractivity contribution in [3.05, 3.63) is 120 Å². The predicted octanol–water partition coefficient (Wildman–Crippen LogP) is 5.76. The van der Waals surface area contributed by atoms with E-state index in [0.717, 1.165) is 21.0 Å². The van der Waals surface area contributed by atoms with Crippen LogP contribution in [-0.2, 0) is 32.6 Å². The lowest BCUT2D eigenvalue weighted by Crippen LogP contribution is -2.56. The van der Waals surface area contributed by atoms with E-state index >= 15 is 0 Å². The van der Waals surface area contributed by atoms with Gasteiger partial charge in [0.1, 0.15) is 12.6 Å². The molecule has 248 valence electrons. The van der Waals surface area contributed by atoms with Gasteiger partial charge in [0.25, 0.3) is 10.0 Å². The summed E-state index contributed by atoms with van der Waals surface area (Å²) in [7, 11) is -1.32. The van der Waals surface area contributed by atoms with Crippen LogP contribution in [0.15, 0.2) is 108 Å². The number of sulfonamides is 1. The molecule has 0 radical (unpaired) electrons. The van der Waals surface area contributed by atoms with Crippen molar-refractivity contribution >= 4 is 27.5 Å². The Morgan fingerprint density at radius 2 is 1.36 bits per heavy atom. The number of benzene rings is 4. The minimum Gasteiger partial charge on any atom is -0.493 e. The zero-order chi connectivity index (χ0) is 34.2. The van der Waals surface area contributed by atoms with E-state index in [9.17, 15) is 18.0 Å². The van der Waals surface area contributed by atoms with E-state index in [4.69, 9.17) is 9.47 Å². The average Bonchev–Trinajstić information content (AvgIpc) is 3.05. The van der Waals surface area contributed by atoms with Crippen molar-refractivity contribution in [2.75, 3.05) is 25.1 Å². The average molecular weight is 658 g/mol. The fourth-order valence-electron chi connectivity index (χ4n) is 5.13. The first-order chi connectivity index (χ1) is 22.3. The summed E-state index contributed by atoms with van der Waals surface area (Å²) >= 11 is 0. The number of rotatable bonds is 13. The summed E-state index contributed by atoms with van der Waals surface area (Å²) < 4.78 is 40.5. The SMILES string of the molecule is COc1ccc(N(CC(=O)N(Cc2ccccc2)C(Cc2ccccc2)C(=O)NC(C)(C)C)S(=O)(=O)c2ccc(C)cc2)cc1OC. The molecule has 1 unspecified atom stereocenters. The Balaban J connectivity index is 1.84. The number of nitrogens with one attached hydrogen (secondary N) is 1. The smallest absolute Gasteiger partial charge is 0.264 e. The van der Waals surface area contributed by atoms with Crippen LogP contribution in [0.3, 0.4) is 0 Å². The van der Waals surface area contributed by atoms with E-state index < -0.39 is 34.1 Å². The van der Waals surface area contributed by atoms with Gasteiger partial charge in [-0.1, -0.05) is 78.4 Å². The molecule has 4 rings (SSSR count).